The molecule has 0 saturated heterocycles. The third-order valence-corrected chi connectivity index (χ3v) is 3.37. The van der Waals surface area contributed by atoms with Gasteiger partial charge in [0.15, 0.2) is 0 Å². The maximum atomic E-state index is 11.9. The first-order valence-electron chi connectivity index (χ1n) is 7.11. The van der Waals surface area contributed by atoms with Crippen LogP contribution in [0.3, 0.4) is 0 Å². The summed E-state index contributed by atoms with van der Waals surface area (Å²) in [6.45, 7) is 4.16. The first kappa shape index (κ1) is 14.3. The van der Waals surface area contributed by atoms with Crippen LogP contribution in [0, 0.1) is 6.92 Å². The lowest BCUT2D eigenvalue weighted by atomic mass is 10.1. The molecule has 2 aromatic carbocycles. The van der Waals surface area contributed by atoms with E-state index in [9.17, 15) is 4.79 Å². The quantitative estimate of drug-likeness (QED) is 0.867. The Balaban J connectivity index is 1.85. The third kappa shape index (κ3) is 4.23. The maximum absolute atomic E-state index is 11.9. The summed E-state index contributed by atoms with van der Waals surface area (Å²) in [5, 5.41) is 2.94. The molecule has 0 unspecified atom stereocenters. The zero-order chi connectivity index (χ0) is 14.4. The van der Waals surface area contributed by atoms with E-state index in [1.54, 1.807) is 0 Å². The first-order valence-corrected chi connectivity index (χ1v) is 7.11. The minimum absolute atomic E-state index is 0.0650. The van der Waals surface area contributed by atoms with E-state index in [-0.39, 0.29) is 5.91 Å². The van der Waals surface area contributed by atoms with Crippen LogP contribution in [0.25, 0.3) is 0 Å². The fraction of sp³-hybridized carbons (Fsp3) is 0.278. The number of aryl methyl sites for hydroxylation is 3. The van der Waals surface area contributed by atoms with Crippen LogP contribution >= 0.6 is 0 Å². The number of carbonyl (C=O) groups excluding carboxylic acids is 1. The number of benzene rings is 2. The fourth-order valence-corrected chi connectivity index (χ4v) is 2.15. The van der Waals surface area contributed by atoms with Crippen LogP contribution in [0.4, 0.5) is 5.69 Å². The zero-order valence-corrected chi connectivity index (χ0v) is 12.1. The third-order valence-electron chi connectivity index (χ3n) is 3.37. The molecular weight excluding hydrogens is 246 g/mol. The Morgan fingerprint density at radius 2 is 1.75 bits per heavy atom. The van der Waals surface area contributed by atoms with Crippen LogP contribution in [-0.2, 0) is 17.6 Å². The number of amides is 1. The van der Waals surface area contributed by atoms with E-state index in [1.165, 1.54) is 11.1 Å². The maximum Gasteiger partial charge on any atom is 0.224 e. The van der Waals surface area contributed by atoms with Gasteiger partial charge in [-0.15, -0.1) is 0 Å². The molecule has 0 atom stereocenters. The van der Waals surface area contributed by atoms with Crippen molar-refractivity contribution in [2.45, 2.75) is 33.1 Å². The van der Waals surface area contributed by atoms with Gasteiger partial charge in [0.1, 0.15) is 0 Å². The number of carbonyl (C=O) groups is 1. The molecule has 0 radical (unpaired) electrons. The Bertz CT molecular complexity index is 572. The van der Waals surface area contributed by atoms with Gasteiger partial charge < -0.3 is 5.32 Å². The van der Waals surface area contributed by atoms with Crippen LogP contribution < -0.4 is 5.32 Å². The van der Waals surface area contributed by atoms with Crippen molar-refractivity contribution in [2.75, 3.05) is 5.32 Å². The van der Waals surface area contributed by atoms with Crippen LogP contribution in [0.5, 0.6) is 0 Å². The molecule has 0 aliphatic rings. The summed E-state index contributed by atoms with van der Waals surface area (Å²) >= 11 is 0. The molecule has 0 heterocycles. The zero-order valence-electron chi connectivity index (χ0n) is 12.1. The Kier molecular flexibility index (Phi) is 4.94. The molecule has 0 fully saturated rings. The van der Waals surface area contributed by atoms with Gasteiger partial charge in [0, 0.05) is 12.1 Å². The molecular formula is C18H21NO. The van der Waals surface area contributed by atoms with Crippen LogP contribution in [0.1, 0.15) is 30.0 Å². The van der Waals surface area contributed by atoms with Crippen LogP contribution in [0.2, 0.25) is 0 Å². The van der Waals surface area contributed by atoms with Gasteiger partial charge in [-0.2, -0.15) is 0 Å². The first-order chi connectivity index (χ1) is 9.67. The molecule has 0 aliphatic heterocycles. The molecule has 0 aliphatic carbocycles. The van der Waals surface area contributed by atoms with Gasteiger partial charge >= 0.3 is 0 Å². The predicted molar refractivity (Wildman–Crippen MR) is 83.9 cm³/mol. The van der Waals surface area contributed by atoms with Crippen molar-refractivity contribution in [1.29, 1.82) is 0 Å². The monoisotopic (exact) mass is 267 g/mol. The second kappa shape index (κ2) is 6.90. The molecule has 0 bridgehead atoms. The number of anilines is 1. The Morgan fingerprint density at radius 1 is 1.05 bits per heavy atom. The van der Waals surface area contributed by atoms with Gasteiger partial charge in [-0.25, -0.2) is 0 Å². The average molecular weight is 267 g/mol. The molecule has 2 aromatic rings. The molecule has 2 heteroatoms. The Morgan fingerprint density at radius 3 is 2.40 bits per heavy atom. The second-order valence-electron chi connectivity index (χ2n) is 5.09. The highest BCUT2D eigenvalue weighted by Crippen LogP contribution is 2.11. The standard InChI is InChI=1S/C18H21NO/c1-3-15-7-9-16(10-8-15)11-12-18(20)19-17-6-4-5-14(2)13-17/h4-10,13H,3,11-12H2,1-2H3,(H,19,20). The van der Waals surface area contributed by atoms with E-state index < -0.39 is 0 Å². The lowest BCUT2D eigenvalue weighted by molar-refractivity contribution is -0.116. The highest BCUT2D eigenvalue weighted by atomic mass is 16.1. The van der Waals surface area contributed by atoms with Gasteiger partial charge in [0.2, 0.25) is 5.91 Å². The highest BCUT2D eigenvalue weighted by Gasteiger charge is 2.03. The topological polar surface area (TPSA) is 29.1 Å². The summed E-state index contributed by atoms with van der Waals surface area (Å²) < 4.78 is 0. The van der Waals surface area contributed by atoms with Crippen molar-refractivity contribution in [2.24, 2.45) is 0 Å². The van der Waals surface area contributed by atoms with E-state index in [2.05, 4.69) is 36.5 Å². The van der Waals surface area contributed by atoms with Crippen LogP contribution in [-0.4, -0.2) is 5.91 Å². The minimum atomic E-state index is 0.0650. The van der Waals surface area contributed by atoms with Crippen molar-refractivity contribution < 1.29 is 4.79 Å². The van der Waals surface area contributed by atoms with E-state index in [0.717, 1.165) is 24.1 Å². The van der Waals surface area contributed by atoms with E-state index >= 15 is 0 Å². The summed E-state index contributed by atoms with van der Waals surface area (Å²) in [7, 11) is 0. The van der Waals surface area contributed by atoms with Gasteiger partial charge in [-0.05, 0) is 48.6 Å². The highest BCUT2D eigenvalue weighted by molar-refractivity contribution is 5.90. The van der Waals surface area contributed by atoms with Gasteiger partial charge in [-0.3, -0.25) is 4.79 Å². The predicted octanol–water partition coefficient (Wildman–Crippen LogP) is 4.13. The van der Waals surface area contributed by atoms with Crippen molar-refractivity contribution in [1.82, 2.24) is 0 Å². The van der Waals surface area contributed by atoms with Gasteiger partial charge in [-0.1, -0.05) is 43.3 Å². The van der Waals surface area contributed by atoms with E-state index in [4.69, 9.17) is 0 Å². The normalized spacial score (nSPS) is 10.3. The molecule has 20 heavy (non-hydrogen) atoms. The SMILES string of the molecule is CCc1ccc(CCC(=O)Nc2cccc(C)c2)cc1. The number of rotatable bonds is 5. The van der Waals surface area contributed by atoms with Gasteiger partial charge in [0.25, 0.3) is 0 Å². The molecule has 0 saturated carbocycles. The average Bonchev–Trinajstić information content (AvgIpc) is 2.46. The Hall–Kier alpha value is -2.09. The van der Waals surface area contributed by atoms with Crippen molar-refractivity contribution >= 4 is 11.6 Å². The largest absolute Gasteiger partial charge is 0.326 e. The summed E-state index contributed by atoms with van der Waals surface area (Å²) in [6.07, 6.45) is 2.34. The summed E-state index contributed by atoms with van der Waals surface area (Å²) in [6, 6.07) is 16.4. The molecule has 1 N–H and O–H groups in total. The smallest absolute Gasteiger partial charge is 0.224 e. The number of nitrogens with one attached hydrogen (secondary N) is 1. The molecule has 0 spiro atoms. The van der Waals surface area contributed by atoms with Crippen molar-refractivity contribution in [3.8, 4) is 0 Å². The summed E-state index contributed by atoms with van der Waals surface area (Å²) in [4.78, 5) is 11.9. The molecule has 1 amide bonds. The number of hydrogen-bond donors (Lipinski definition) is 1. The van der Waals surface area contributed by atoms with Crippen LogP contribution in [0.15, 0.2) is 48.5 Å². The van der Waals surface area contributed by atoms with Crippen molar-refractivity contribution in [3.05, 3.63) is 65.2 Å². The van der Waals surface area contributed by atoms with E-state index in [0.29, 0.717) is 6.42 Å². The molecule has 104 valence electrons. The molecule has 2 nitrogen and oxygen atoms in total. The van der Waals surface area contributed by atoms with Crippen molar-refractivity contribution in [3.63, 3.8) is 0 Å². The summed E-state index contributed by atoms with van der Waals surface area (Å²) in [5.74, 6) is 0.0650. The lowest BCUT2D eigenvalue weighted by Crippen LogP contribution is -2.12. The van der Waals surface area contributed by atoms with E-state index in [1.807, 2.05) is 31.2 Å². The Labute approximate surface area is 120 Å². The fourth-order valence-electron chi connectivity index (χ4n) is 2.15. The van der Waals surface area contributed by atoms with Gasteiger partial charge in [0.05, 0.1) is 0 Å². The summed E-state index contributed by atoms with van der Waals surface area (Å²) in [5.41, 5.74) is 4.56. The lowest BCUT2D eigenvalue weighted by Gasteiger charge is -2.06. The second-order valence-corrected chi connectivity index (χ2v) is 5.09. The molecule has 0 aromatic heterocycles. The molecule has 2 rings (SSSR count). The minimum Gasteiger partial charge on any atom is -0.326 e. The number of hydrogen-bond acceptors (Lipinski definition) is 1.